The molecule has 8 nitrogen and oxygen atoms in total. The van der Waals surface area contributed by atoms with Crippen LogP contribution in [-0.4, -0.2) is 57.3 Å². The minimum absolute atomic E-state index is 0.0114. The zero-order valence-corrected chi connectivity index (χ0v) is 13.9. The van der Waals surface area contributed by atoms with Gasteiger partial charge >= 0.3 is 11.9 Å². The van der Waals surface area contributed by atoms with Crippen molar-refractivity contribution < 1.29 is 22.7 Å². The number of alkyl halides is 3. The largest absolute Gasteiger partial charge is 0.416 e. The molecule has 0 spiro atoms. The molecule has 1 atom stereocenters. The standard InChI is InChI=1S/C15H15F3N4O4/c1-7-5-8(10-11(19-7)21(2)14(25)20-12(10)23)13(24)22-3-4-26-9(6-22)15(16,17)18/h5,9H,3-4,6H2,1-2H3,(H,20,23,25)/t9-/m0/s1. The van der Waals surface area contributed by atoms with Crippen molar-refractivity contribution in [2.24, 2.45) is 7.05 Å². The molecule has 0 aromatic carbocycles. The van der Waals surface area contributed by atoms with Crippen LogP contribution in [-0.2, 0) is 11.8 Å². The molecule has 3 rings (SSSR count). The molecule has 140 valence electrons. The van der Waals surface area contributed by atoms with Crippen LogP contribution in [0, 0.1) is 6.92 Å². The first-order valence-corrected chi connectivity index (χ1v) is 7.68. The molecule has 0 radical (unpaired) electrons. The molecule has 1 aliphatic rings. The van der Waals surface area contributed by atoms with E-state index in [-0.39, 0.29) is 29.7 Å². The van der Waals surface area contributed by atoms with E-state index in [1.165, 1.54) is 13.1 Å². The lowest BCUT2D eigenvalue weighted by Crippen LogP contribution is -2.51. The quantitative estimate of drug-likeness (QED) is 0.778. The van der Waals surface area contributed by atoms with Crippen LogP contribution in [0.25, 0.3) is 11.0 Å². The lowest BCUT2D eigenvalue weighted by atomic mass is 10.1. The van der Waals surface area contributed by atoms with Gasteiger partial charge in [0.1, 0.15) is 5.65 Å². The van der Waals surface area contributed by atoms with Crippen LogP contribution in [0.1, 0.15) is 16.1 Å². The lowest BCUT2D eigenvalue weighted by Gasteiger charge is -2.34. The van der Waals surface area contributed by atoms with Crippen LogP contribution in [0.2, 0.25) is 0 Å². The van der Waals surface area contributed by atoms with Gasteiger partial charge in [-0.25, -0.2) is 9.78 Å². The van der Waals surface area contributed by atoms with Crippen LogP contribution in [0.4, 0.5) is 13.2 Å². The Hall–Kier alpha value is -2.69. The molecular weight excluding hydrogens is 357 g/mol. The second-order valence-corrected chi connectivity index (χ2v) is 5.98. The molecule has 0 unspecified atom stereocenters. The van der Waals surface area contributed by atoms with Gasteiger partial charge in [-0.1, -0.05) is 0 Å². The number of aromatic nitrogens is 3. The van der Waals surface area contributed by atoms with Gasteiger partial charge in [-0.3, -0.25) is 19.1 Å². The molecule has 1 amide bonds. The molecule has 2 aromatic heterocycles. The zero-order valence-electron chi connectivity index (χ0n) is 13.9. The molecule has 0 aliphatic carbocycles. The Balaban J connectivity index is 2.11. The van der Waals surface area contributed by atoms with Crippen LogP contribution in [0.5, 0.6) is 0 Å². The number of aromatic amines is 1. The summed E-state index contributed by atoms with van der Waals surface area (Å²) in [4.78, 5) is 43.9. The van der Waals surface area contributed by atoms with Crippen LogP contribution in [0.3, 0.4) is 0 Å². The van der Waals surface area contributed by atoms with Gasteiger partial charge in [-0.05, 0) is 13.0 Å². The van der Waals surface area contributed by atoms with Crippen molar-refractivity contribution in [3.8, 4) is 0 Å². The fraction of sp³-hybridized carbons (Fsp3) is 0.467. The van der Waals surface area contributed by atoms with Crippen molar-refractivity contribution in [1.82, 2.24) is 19.4 Å². The van der Waals surface area contributed by atoms with Gasteiger partial charge in [0.05, 0.1) is 24.1 Å². The number of morpholine rings is 1. The molecule has 0 bridgehead atoms. The minimum Gasteiger partial charge on any atom is -0.365 e. The number of hydrogen-bond donors (Lipinski definition) is 1. The van der Waals surface area contributed by atoms with Gasteiger partial charge < -0.3 is 9.64 Å². The van der Waals surface area contributed by atoms with Crippen LogP contribution < -0.4 is 11.2 Å². The molecule has 1 fully saturated rings. The molecule has 0 saturated carbocycles. The molecule has 11 heteroatoms. The summed E-state index contributed by atoms with van der Waals surface area (Å²) in [5.74, 6) is -0.748. The first kappa shape index (κ1) is 18.1. The van der Waals surface area contributed by atoms with Crippen LogP contribution >= 0.6 is 0 Å². The average Bonchev–Trinajstić information content (AvgIpc) is 2.57. The van der Waals surface area contributed by atoms with E-state index in [0.29, 0.717) is 5.69 Å². The third kappa shape index (κ3) is 3.09. The fourth-order valence-electron chi connectivity index (χ4n) is 2.83. The van der Waals surface area contributed by atoms with Crippen molar-refractivity contribution in [2.45, 2.75) is 19.2 Å². The smallest absolute Gasteiger partial charge is 0.365 e. The number of nitrogens with one attached hydrogen (secondary N) is 1. The maximum absolute atomic E-state index is 12.9. The second kappa shape index (κ2) is 6.24. The third-order valence-electron chi connectivity index (χ3n) is 4.15. The van der Waals surface area contributed by atoms with Crippen molar-refractivity contribution in [3.63, 3.8) is 0 Å². The van der Waals surface area contributed by atoms with E-state index in [1.807, 2.05) is 0 Å². The number of fused-ring (bicyclic) bond motifs is 1. The van der Waals surface area contributed by atoms with E-state index < -0.39 is 36.0 Å². The molecule has 3 heterocycles. The second-order valence-electron chi connectivity index (χ2n) is 5.98. The third-order valence-corrected chi connectivity index (χ3v) is 4.15. The molecule has 1 N–H and O–H groups in total. The number of amides is 1. The summed E-state index contributed by atoms with van der Waals surface area (Å²) >= 11 is 0. The molecule has 26 heavy (non-hydrogen) atoms. The number of aryl methyl sites for hydroxylation is 2. The van der Waals surface area contributed by atoms with Crippen LogP contribution in [0.15, 0.2) is 15.7 Å². The van der Waals surface area contributed by atoms with Crippen molar-refractivity contribution >= 4 is 16.9 Å². The van der Waals surface area contributed by atoms with E-state index in [2.05, 4.69) is 14.7 Å². The van der Waals surface area contributed by atoms with E-state index >= 15 is 0 Å². The maximum Gasteiger partial charge on any atom is 0.416 e. The lowest BCUT2D eigenvalue weighted by molar-refractivity contribution is -0.233. The summed E-state index contributed by atoms with van der Waals surface area (Å²) in [5.41, 5.74) is -1.29. The normalized spacial score (nSPS) is 18.3. The minimum atomic E-state index is -4.60. The Labute approximate surface area is 144 Å². The van der Waals surface area contributed by atoms with E-state index in [1.54, 1.807) is 6.92 Å². The number of halogens is 3. The van der Waals surface area contributed by atoms with Crippen molar-refractivity contribution in [1.29, 1.82) is 0 Å². The Bertz CT molecular complexity index is 995. The highest BCUT2D eigenvalue weighted by molar-refractivity contribution is 6.05. The summed E-state index contributed by atoms with van der Waals surface area (Å²) in [6, 6.07) is 1.32. The summed E-state index contributed by atoms with van der Waals surface area (Å²) in [6.07, 6.45) is -6.69. The van der Waals surface area contributed by atoms with Crippen molar-refractivity contribution in [3.05, 3.63) is 38.2 Å². The monoisotopic (exact) mass is 372 g/mol. The van der Waals surface area contributed by atoms with Gasteiger partial charge in [0.25, 0.3) is 11.5 Å². The van der Waals surface area contributed by atoms with E-state index in [0.717, 1.165) is 9.47 Å². The Kier molecular flexibility index (Phi) is 4.34. The Morgan fingerprint density at radius 1 is 1.38 bits per heavy atom. The van der Waals surface area contributed by atoms with E-state index in [4.69, 9.17) is 0 Å². The molecular formula is C15H15F3N4O4. The number of ether oxygens (including phenoxy) is 1. The average molecular weight is 372 g/mol. The molecule has 1 aliphatic heterocycles. The number of pyridine rings is 1. The number of H-pyrrole nitrogens is 1. The summed E-state index contributed by atoms with van der Waals surface area (Å²) in [6.45, 7) is 0.569. The Morgan fingerprint density at radius 2 is 2.08 bits per heavy atom. The first-order chi connectivity index (χ1) is 12.1. The SMILES string of the molecule is Cc1cc(C(=O)N2CCO[C@H](C(F)(F)F)C2)c2c(=O)[nH]c(=O)n(C)c2n1. The summed E-state index contributed by atoms with van der Waals surface area (Å²) < 4.78 is 44.4. The highest BCUT2D eigenvalue weighted by atomic mass is 19.4. The van der Waals surface area contributed by atoms with Gasteiger partial charge in [-0.2, -0.15) is 13.2 Å². The predicted molar refractivity (Wildman–Crippen MR) is 84.0 cm³/mol. The topological polar surface area (TPSA) is 97.3 Å². The number of carbonyl (C=O) groups excluding carboxylic acids is 1. The molecule has 1 saturated heterocycles. The van der Waals surface area contributed by atoms with Gasteiger partial charge in [-0.15, -0.1) is 0 Å². The zero-order chi connectivity index (χ0) is 19.2. The fourth-order valence-corrected chi connectivity index (χ4v) is 2.83. The summed E-state index contributed by atoms with van der Waals surface area (Å²) in [5, 5.41) is -0.141. The number of carbonyl (C=O) groups is 1. The van der Waals surface area contributed by atoms with E-state index in [9.17, 15) is 27.6 Å². The highest BCUT2D eigenvalue weighted by Gasteiger charge is 2.44. The number of hydrogen-bond acceptors (Lipinski definition) is 5. The number of rotatable bonds is 1. The van der Waals surface area contributed by atoms with Crippen molar-refractivity contribution in [2.75, 3.05) is 19.7 Å². The Morgan fingerprint density at radius 3 is 2.73 bits per heavy atom. The summed E-state index contributed by atoms with van der Waals surface area (Å²) in [7, 11) is 1.37. The predicted octanol–water partition coefficient (Wildman–Crippen LogP) is 0.334. The molecule has 2 aromatic rings. The van der Waals surface area contributed by atoms with Gasteiger partial charge in [0.2, 0.25) is 0 Å². The maximum atomic E-state index is 12.9. The highest BCUT2D eigenvalue weighted by Crippen LogP contribution is 2.27. The first-order valence-electron chi connectivity index (χ1n) is 7.68. The number of nitrogens with zero attached hydrogens (tertiary/aromatic N) is 3. The van der Waals surface area contributed by atoms with Gasteiger partial charge in [0.15, 0.2) is 6.10 Å². The van der Waals surface area contributed by atoms with Gasteiger partial charge in [0, 0.05) is 19.3 Å².